The van der Waals surface area contributed by atoms with E-state index in [9.17, 15) is 5.11 Å². The summed E-state index contributed by atoms with van der Waals surface area (Å²) in [5, 5.41) is 10.5. The number of ether oxygens (including phenoxy) is 2. The number of hydrogen-bond donors (Lipinski definition) is 1. The Morgan fingerprint density at radius 2 is 1.70 bits per heavy atom. The molecular formula is C25H36N2O3. The molecule has 1 atom stereocenters. The molecule has 5 nitrogen and oxygen atoms in total. The summed E-state index contributed by atoms with van der Waals surface area (Å²) in [5.41, 5.74) is 2.46. The highest BCUT2D eigenvalue weighted by Crippen LogP contribution is 2.29. The monoisotopic (exact) mass is 412 g/mol. The molecule has 0 saturated carbocycles. The number of likely N-dealkylation sites (N-methyl/N-ethyl adjacent to an activating group) is 1. The van der Waals surface area contributed by atoms with Crippen molar-refractivity contribution in [3.8, 4) is 11.5 Å². The maximum Gasteiger partial charge on any atom is 0.161 e. The molecule has 1 N–H and O–H groups in total. The van der Waals surface area contributed by atoms with Gasteiger partial charge in [0, 0.05) is 19.6 Å². The molecule has 1 unspecified atom stereocenters. The second-order valence-corrected chi connectivity index (χ2v) is 8.32. The van der Waals surface area contributed by atoms with Gasteiger partial charge in [-0.1, -0.05) is 49.2 Å². The number of aliphatic hydroxyl groups is 1. The van der Waals surface area contributed by atoms with Gasteiger partial charge in [-0.15, -0.1) is 0 Å². The molecule has 0 aromatic heterocycles. The third-order valence-electron chi connectivity index (χ3n) is 5.58. The van der Waals surface area contributed by atoms with Crippen molar-refractivity contribution in [2.45, 2.75) is 44.9 Å². The summed E-state index contributed by atoms with van der Waals surface area (Å²) in [6, 6.07) is 16.4. The summed E-state index contributed by atoms with van der Waals surface area (Å²) in [5.74, 6) is 1.41. The van der Waals surface area contributed by atoms with Crippen LogP contribution in [0, 0.1) is 0 Å². The predicted octanol–water partition coefficient (Wildman–Crippen LogP) is 3.94. The smallest absolute Gasteiger partial charge is 0.161 e. The molecular weight excluding hydrogens is 376 g/mol. The van der Waals surface area contributed by atoms with E-state index < -0.39 is 6.10 Å². The molecule has 0 bridgehead atoms. The standard InChI is InChI=1S/C25H36N2O3/c1-26(17-21-10-6-5-7-11-21)19-23(28)20-30-25-16-22(12-13-24(25)29-2)18-27-14-8-3-4-9-15-27/h5-7,10-13,16,23,28H,3-4,8-9,14-15,17-20H2,1-2H3. The van der Waals surface area contributed by atoms with Gasteiger partial charge in [0.1, 0.15) is 12.7 Å². The van der Waals surface area contributed by atoms with Crippen LogP contribution in [0.1, 0.15) is 36.8 Å². The number of aliphatic hydroxyl groups excluding tert-OH is 1. The quantitative estimate of drug-likeness (QED) is 0.640. The van der Waals surface area contributed by atoms with Crippen LogP contribution in [0.5, 0.6) is 11.5 Å². The van der Waals surface area contributed by atoms with Gasteiger partial charge in [-0.3, -0.25) is 9.80 Å². The van der Waals surface area contributed by atoms with Gasteiger partial charge in [-0.25, -0.2) is 0 Å². The van der Waals surface area contributed by atoms with Crippen molar-refractivity contribution < 1.29 is 14.6 Å². The minimum absolute atomic E-state index is 0.239. The highest BCUT2D eigenvalue weighted by atomic mass is 16.5. The minimum atomic E-state index is -0.572. The maximum atomic E-state index is 10.5. The molecule has 0 amide bonds. The first-order valence-electron chi connectivity index (χ1n) is 11.1. The van der Waals surface area contributed by atoms with Gasteiger partial charge >= 0.3 is 0 Å². The molecule has 3 rings (SSSR count). The van der Waals surface area contributed by atoms with Crippen molar-refractivity contribution in [2.24, 2.45) is 0 Å². The Labute approximate surface area is 181 Å². The zero-order chi connectivity index (χ0) is 21.2. The van der Waals surface area contributed by atoms with Crippen molar-refractivity contribution in [1.82, 2.24) is 9.80 Å². The first kappa shape index (κ1) is 22.6. The van der Waals surface area contributed by atoms with Crippen LogP contribution in [0.4, 0.5) is 0 Å². The summed E-state index contributed by atoms with van der Waals surface area (Å²) in [4.78, 5) is 4.63. The molecule has 0 aliphatic carbocycles. The van der Waals surface area contributed by atoms with Crippen LogP contribution in [-0.4, -0.2) is 61.4 Å². The SMILES string of the molecule is COc1ccc(CN2CCCCCC2)cc1OCC(O)CN(C)Cc1ccccc1. The summed E-state index contributed by atoms with van der Waals surface area (Å²) >= 11 is 0. The van der Waals surface area contributed by atoms with E-state index in [1.165, 1.54) is 36.8 Å². The van der Waals surface area contributed by atoms with E-state index in [2.05, 4.69) is 34.1 Å². The highest BCUT2D eigenvalue weighted by molar-refractivity contribution is 5.43. The number of nitrogens with zero attached hydrogens (tertiary/aromatic N) is 2. The van der Waals surface area contributed by atoms with Crippen molar-refractivity contribution in [3.05, 3.63) is 59.7 Å². The Morgan fingerprint density at radius 3 is 2.40 bits per heavy atom. The van der Waals surface area contributed by atoms with E-state index >= 15 is 0 Å². The lowest BCUT2D eigenvalue weighted by Crippen LogP contribution is -2.32. The Bertz CT molecular complexity index is 745. The first-order valence-corrected chi connectivity index (χ1v) is 11.1. The van der Waals surface area contributed by atoms with Crippen molar-refractivity contribution in [2.75, 3.05) is 40.4 Å². The van der Waals surface area contributed by atoms with Gasteiger partial charge in [0.15, 0.2) is 11.5 Å². The Balaban J connectivity index is 1.52. The fourth-order valence-electron chi connectivity index (χ4n) is 4.04. The van der Waals surface area contributed by atoms with E-state index in [1.54, 1.807) is 7.11 Å². The van der Waals surface area contributed by atoms with E-state index in [1.807, 2.05) is 31.3 Å². The van der Waals surface area contributed by atoms with Gasteiger partial charge < -0.3 is 14.6 Å². The highest BCUT2D eigenvalue weighted by Gasteiger charge is 2.14. The third kappa shape index (κ3) is 7.31. The molecule has 1 heterocycles. The third-order valence-corrected chi connectivity index (χ3v) is 5.58. The van der Waals surface area contributed by atoms with Gasteiger partial charge in [0.25, 0.3) is 0 Å². The van der Waals surface area contributed by atoms with Crippen LogP contribution in [-0.2, 0) is 13.1 Å². The van der Waals surface area contributed by atoms with Crippen LogP contribution in [0.2, 0.25) is 0 Å². The van der Waals surface area contributed by atoms with Crippen LogP contribution >= 0.6 is 0 Å². The second kappa shape index (κ2) is 11.9. The van der Waals surface area contributed by atoms with E-state index in [-0.39, 0.29) is 6.61 Å². The fourth-order valence-corrected chi connectivity index (χ4v) is 4.04. The van der Waals surface area contributed by atoms with Crippen LogP contribution in [0.3, 0.4) is 0 Å². The van der Waals surface area contributed by atoms with E-state index in [0.29, 0.717) is 18.0 Å². The Kier molecular flexibility index (Phi) is 9.00. The molecule has 1 aliphatic rings. The lowest BCUT2D eigenvalue weighted by molar-refractivity contribution is 0.0732. The molecule has 2 aromatic rings. The molecule has 30 heavy (non-hydrogen) atoms. The molecule has 1 saturated heterocycles. The van der Waals surface area contributed by atoms with Gasteiger partial charge in [-0.2, -0.15) is 0 Å². The Hall–Kier alpha value is -2.08. The molecule has 0 radical (unpaired) electrons. The van der Waals surface area contributed by atoms with Gasteiger partial charge in [0.2, 0.25) is 0 Å². The zero-order valence-electron chi connectivity index (χ0n) is 18.4. The molecule has 5 heteroatoms. The number of likely N-dealkylation sites (tertiary alicyclic amines) is 1. The first-order chi connectivity index (χ1) is 14.6. The normalized spacial score (nSPS) is 16.3. The average Bonchev–Trinajstić information content (AvgIpc) is 3.01. The summed E-state index contributed by atoms with van der Waals surface area (Å²) in [6.07, 6.45) is 4.66. The molecule has 0 spiro atoms. The number of rotatable bonds is 10. The average molecular weight is 413 g/mol. The molecule has 1 fully saturated rings. The van der Waals surface area contributed by atoms with Crippen molar-refractivity contribution in [1.29, 1.82) is 0 Å². The van der Waals surface area contributed by atoms with E-state index in [0.717, 1.165) is 26.2 Å². The molecule has 1 aliphatic heterocycles. The minimum Gasteiger partial charge on any atom is -0.493 e. The zero-order valence-corrected chi connectivity index (χ0v) is 18.4. The van der Waals surface area contributed by atoms with Crippen LogP contribution in [0.15, 0.2) is 48.5 Å². The lowest BCUT2D eigenvalue weighted by atomic mass is 10.2. The van der Waals surface area contributed by atoms with Crippen molar-refractivity contribution in [3.63, 3.8) is 0 Å². The van der Waals surface area contributed by atoms with E-state index in [4.69, 9.17) is 9.47 Å². The number of methoxy groups -OCH3 is 1. The predicted molar refractivity (Wildman–Crippen MR) is 121 cm³/mol. The molecule has 164 valence electrons. The summed E-state index contributed by atoms with van der Waals surface area (Å²) < 4.78 is 11.4. The molecule has 2 aromatic carbocycles. The maximum absolute atomic E-state index is 10.5. The fraction of sp³-hybridized carbons (Fsp3) is 0.520. The summed E-state index contributed by atoms with van der Waals surface area (Å²) in [7, 11) is 3.67. The van der Waals surface area contributed by atoms with Gasteiger partial charge in [0.05, 0.1) is 7.11 Å². The van der Waals surface area contributed by atoms with Crippen LogP contribution in [0.25, 0.3) is 0 Å². The Morgan fingerprint density at radius 1 is 0.967 bits per heavy atom. The lowest BCUT2D eigenvalue weighted by Gasteiger charge is -2.22. The van der Waals surface area contributed by atoms with Crippen LogP contribution < -0.4 is 9.47 Å². The number of benzene rings is 2. The largest absolute Gasteiger partial charge is 0.493 e. The van der Waals surface area contributed by atoms with Crippen molar-refractivity contribution >= 4 is 0 Å². The second-order valence-electron chi connectivity index (χ2n) is 8.32. The summed E-state index contributed by atoms with van der Waals surface area (Å²) in [6.45, 7) is 4.84. The van der Waals surface area contributed by atoms with Gasteiger partial charge in [-0.05, 0) is 56.2 Å². The number of hydrogen-bond acceptors (Lipinski definition) is 5. The topological polar surface area (TPSA) is 45.2 Å².